The van der Waals surface area contributed by atoms with Gasteiger partial charge in [-0.1, -0.05) is 17.7 Å². The van der Waals surface area contributed by atoms with Crippen LogP contribution >= 0.6 is 11.6 Å². The number of nitrogens with one attached hydrogen (secondary N) is 2. The predicted octanol–water partition coefficient (Wildman–Crippen LogP) is 4.33. The summed E-state index contributed by atoms with van der Waals surface area (Å²) in [6, 6.07) is 11.8. The number of hydrogen-bond donors (Lipinski definition) is 2. The summed E-state index contributed by atoms with van der Waals surface area (Å²) in [5, 5.41) is 7.11. The van der Waals surface area contributed by atoms with E-state index in [1.165, 1.54) is 6.42 Å². The largest absolute Gasteiger partial charge is 0.495 e. The van der Waals surface area contributed by atoms with Crippen molar-refractivity contribution in [2.45, 2.75) is 18.9 Å². The van der Waals surface area contributed by atoms with E-state index >= 15 is 0 Å². The van der Waals surface area contributed by atoms with Crippen LogP contribution in [0.1, 0.15) is 12.8 Å². The number of pyridine rings is 1. The SMILES string of the molecule is COc1ccc(OC[C@@H]2CCCN2)cc1Nc1ncc(Cl)c(-c2cnc3ccccn23)n1. The van der Waals surface area contributed by atoms with Crippen molar-refractivity contribution in [2.24, 2.45) is 0 Å². The first-order valence-corrected chi connectivity index (χ1v) is 10.9. The summed E-state index contributed by atoms with van der Waals surface area (Å²) in [5.41, 5.74) is 2.89. The summed E-state index contributed by atoms with van der Waals surface area (Å²) in [7, 11) is 1.62. The average Bonchev–Trinajstić information content (AvgIpc) is 3.49. The highest BCUT2D eigenvalue weighted by molar-refractivity contribution is 6.32. The Labute approximate surface area is 190 Å². The number of rotatable bonds is 7. The van der Waals surface area contributed by atoms with Crippen LogP contribution in [0, 0.1) is 0 Å². The Kier molecular flexibility index (Phi) is 5.79. The molecule has 5 rings (SSSR count). The van der Waals surface area contributed by atoms with Gasteiger partial charge in [0, 0.05) is 18.3 Å². The number of halogens is 1. The second-order valence-electron chi connectivity index (χ2n) is 7.55. The van der Waals surface area contributed by atoms with Gasteiger partial charge in [-0.2, -0.15) is 0 Å². The summed E-state index contributed by atoms with van der Waals surface area (Å²) in [4.78, 5) is 13.4. The highest BCUT2D eigenvalue weighted by Crippen LogP contribution is 2.33. The number of nitrogens with zero attached hydrogens (tertiary/aromatic N) is 4. The summed E-state index contributed by atoms with van der Waals surface area (Å²) in [5.74, 6) is 1.80. The molecule has 8 nitrogen and oxygen atoms in total. The third-order valence-corrected chi connectivity index (χ3v) is 5.71. The molecule has 9 heteroatoms. The van der Waals surface area contributed by atoms with Crippen molar-refractivity contribution in [3.63, 3.8) is 0 Å². The van der Waals surface area contributed by atoms with Crippen LogP contribution in [0.3, 0.4) is 0 Å². The minimum Gasteiger partial charge on any atom is -0.495 e. The maximum atomic E-state index is 6.43. The van der Waals surface area contributed by atoms with Gasteiger partial charge < -0.3 is 20.1 Å². The first-order valence-electron chi connectivity index (χ1n) is 10.5. The van der Waals surface area contributed by atoms with Gasteiger partial charge >= 0.3 is 0 Å². The molecule has 4 heterocycles. The molecular formula is C23H23ClN6O2. The van der Waals surface area contributed by atoms with E-state index in [0.29, 0.717) is 40.8 Å². The Morgan fingerprint density at radius 2 is 2.16 bits per heavy atom. The Balaban J connectivity index is 1.42. The second kappa shape index (κ2) is 9.02. The van der Waals surface area contributed by atoms with Crippen LogP contribution in [0.5, 0.6) is 11.5 Å². The maximum absolute atomic E-state index is 6.43. The number of ether oxygens (including phenoxy) is 2. The number of anilines is 2. The number of hydrogen-bond acceptors (Lipinski definition) is 7. The maximum Gasteiger partial charge on any atom is 0.227 e. The highest BCUT2D eigenvalue weighted by Gasteiger charge is 2.16. The smallest absolute Gasteiger partial charge is 0.227 e. The Bertz CT molecular complexity index is 1240. The molecule has 1 fully saturated rings. The highest BCUT2D eigenvalue weighted by atomic mass is 35.5. The normalized spacial score (nSPS) is 15.8. The molecule has 0 unspecified atom stereocenters. The fourth-order valence-corrected chi connectivity index (χ4v) is 3.99. The molecule has 0 saturated carbocycles. The van der Waals surface area contributed by atoms with Crippen molar-refractivity contribution >= 4 is 28.9 Å². The van der Waals surface area contributed by atoms with Gasteiger partial charge in [0.1, 0.15) is 29.4 Å². The van der Waals surface area contributed by atoms with E-state index < -0.39 is 0 Å². The summed E-state index contributed by atoms with van der Waals surface area (Å²) >= 11 is 6.43. The average molecular weight is 451 g/mol. The van der Waals surface area contributed by atoms with E-state index in [2.05, 4.69) is 25.6 Å². The minimum absolute atomic E-state index is 0.390. The lowest BCUT2D eigenvalue weighted by Crippen LogP contribution is -2.28. The van der Waals surface area contributed by atoms with Gasteiger partial charge in [0.25, 0.3) is 0 Å². The van der Waals surface area contributed by atoms with Crippen LogP contribution < -0.4 is 20.1 Å². The molecule has 164 valence electrons. The Morgan fingerprint density at radius 3 is 3.00 bits per heavy atom. The van der Waals surface area contributed by atoms with Crippen molar-refractivity contribution in [3.8, 4) is 22.9 Å². The lowest BCUT2D eigenvalue weighted by molar-refractivity contribution is 0.277. The number of imidazole rings is 1. The van der Waals surface area contributed by atoms with Gasteiger partial charge in [-0.25, -0.2) is 15.0 Å². The zero-order valence-electron chi connectivity index (χ0n) is 17.6. The van der Waals surface area contributed by atoms with Gasteiger partial charge in [-0.15, -0.1) is 0 Å². The summed E-state index contributed by atoms with van der Waals surface area (Å²) in [6.07, 6.45) is 7.57. The van der Waals surface area contributed by atoms with Gasteiger partial charge in [0.15, 0.2) is 0 Å². The molecule has 0 radical (unpaired) electrons. The van der Waals surface area contributed by atoms with E-state index in [4.69, 9.17) is 21.1 Å². The van der Waals surface area contributed by atoms with Gasteiger partial charge in [-0.05, 0) is 43.7 Å². The third kappa shape index (κ3) is 4.19. The van der Waals surface area contributed by atoms with Crippen LogP contribution in [-0.4, -0.2) is 45.7 Å². The summed E-state index contributed by atoms with van der Waals surface area (Å²) in [6.45, 7) is 1.67. The van der Waals surface area contributed by atoms with Gasteiger partial charge in [-0.3, -0.25) is 4.40 Å². The molecule has 1 atom stereocenters. The zero-order valence-corrected chi connectivity index (χ0v) is 18.3. The standard InChI is InChI=1S/C23H23ClN6O2/c1-31-20-8-7-16(32-14-15-5-4-9-25-15)11-18(20)28-23-27-12-17(24)22(29-23)19-13-26-21-6-2-3-10-30(19)21/h2-3,6-8,10-13,15,25H,4-5,9,14H2,1H3,(H,27,28,29)/t15-/m0/s1. The number of fused-ring (bicyclic) bond motifs is 1. The molecule has 0 spiro atoms. The van der Waals surface area contributed by atoms with Gasteiger partial charge in [0.05, 0.1) is 35.9 Å². The van der Waals surface area contributed by atoms with Crippen LogP contribution in [0.15, 0.2) is 55.0 Å². The fraction of sp³-hybridized carbons (Fsp3) is 0.261. The van der Waals surface area contributed by atoms with E-state index in [-0.39, 0.29) is 0 Å². The number of methoxy groups -OCH3 is 1. The third-order valence-electron chi connectivity index (χ3n) is 5.43. The lowest BCUT2D eigenvalue weighted by Gasteiger charge is -2.15. The van der Waals surface area contributed by atoms with E-state index in [1.807, 2.05) is 47.0 Å². The lowest BCUT2D eigenvalue weighted by atomic mass is 10.2. The van der Waals surface area contributed by atoms with Crippen LogP contribution in [0.2, 0.25) is 5.02 Å². The molecular weight excluding hydrogens is 428 g/mol. The molecule has 1 aliphatic heterocycles. The number of aromatic nitrogens is 4. The minimum atomic E-state index is 0.390. The van der Waals surface area contributed by atoms with Crippen molar-refractivity contribution in [2.75, 3.05) is 25.6 Å². The Morgan fingerprint density at radius 1 is 1.22 bits per heavy atom. The van der Waals surface area contributed by atoms with Crippen LogP contribution in [-0.2, 0) is 0 Å². The van der Waals surface area contributed by atoms with E-state index in [9.17, 15) is 0 Å². The van der Waals surface area contributed by atoms with E-state index in [0.717, 1.165) is 30.1 Å². The molecule has 1 aromatic carbocycles. The predicted molar refractivity (Wildman–Crippen MR) is 124 cm³/mol. The van der Waals surface area contributed by atoms with Crippen molar-refractivity contribution in [1.29, 1.82) is 0 Å². The fourth-order valence-electron chi connectivity index (χ4n) is 3.81. The van der Waals surface area contributed by atoms with Crippen LogP contribution in [0.4, 0.5) is 11.6 Å². The molecule has 32 heavy (non-hydrogen) atoms. The molecule has 0 aliphatic carbocycles. The number of benzene rings is 1. The van der Waals surface area contributed by atoms with Crippen LogP contribution in [0.25, 0.3) is 17.0 Å². The zero-order chi connectivity index (χ0) is 21.9. The quantitative estimate of drug-likeness (QED) is 0.433. The monoisotopic (exact) mass is 450 g/mol. The first-order chi connectivity index (χ1) is 15.7. The molecule has 2 N–H and O–H groups in total. The Hall–Kier alpha value is -3.36. The summed E-state index contributed by atoms with van der Waals surface area (Å²) < 4.78 is 13.4. The first kappa shape index (κ1) is 20.5. The molecule has 4 aromatic rings. The second-order valence-corrected chi connectivity index (χ2v) is 7.96. The molecule has 1 aliphatic rings. The van der Waals surface area contributed by atoms with Gasteiger partial charge in [0.2, 0.25) is 5.95 Å². The molecule has 3 aromatic heterocycles. The van der Waals surface area contributed by atoms with Crippen molar-refractivity contribution in [1.82, 2.24) is 24.7 Å². The molecule has 0 amide bonds. The topological polar surface area (TPSA) is 85.6 Å². The molecule has 0 bridgehead atoms. The molecule has 1 saturated heterocycles. The van der Waals surface area contributed by atoms with Crippen molar-refractivity contribution < 1.29 is 9.47 Å². The van der Waals surface area contributed by atoms with Crippen molar-refractivity contribution in [3.05, 3.63) is 60.0 Å². The van der Waals surface area contributed by atoms with E-state index in [1.54, 1.807) is 19.5 Å².